The second-order valence-electron chi connectivity index (χ2n) is 9.34. The van der Waals surface area contributed by atoms with Crippen LogP contribution in [0.4, 0.5) is 16.2 Å². The number of para-hydroxylation sites is 2. The molecule has 200 valence electrons. The summed E-state index contributed by atoms with van der Waals surface area (Å²) in [6.45, 7) is 2.36. The Hall–Kier alpha value is -3.45. The van der Waals surface area contributed by atoms with E-state index < -0.39 is 6.04 Å². The highest BCUT2D eigenvalue weighted by molar-refractivity contribution is 6.42. The zero-order chi connectivity index (χ0) is 27.5. The molecule has 39 heavy (non-hydrogen) atoms. The average Bonchev–Trinajstić information content (AvgIpc) is 3.43. The number of unbranched alkanes of at least 4 members (excludes halogenated alkanes) is 1. The number of halogens is 3. The van der Waals surface area contributed by atoms with Crippen LogP contribution in [-0.2, 0) is 4.79 Å². The van der Waals surface area contributed by atoms with Crippen molar-refractivity contribution in [3.05, 3.63) is 111 Å². The van der Waals surface area contributed by atoms with Gasteiger partial charge in [-0.2, -0.15) is 0 Å². The molecule has 0 spiro atoms. The van der Waals surface area contributed by atoms with Crippen LogP contribution in [0, 0.1) is 0 Å². The second kappa shape index (κ2) is 11.7. The van der Waals surface area contributed by atoms with Crippen LogP contribution >= 0.6 is 34.8 Å². The molecular formula is C30H27Cl3N4O2. The van der Waals surface area contributed by atoms with Gasteiger partial charge in [0, 0.05) is 23.5 Å². The van der Waals surface area contributed by atoms with Crippen molar-refractivity contribution in [3.63, 3.8) is 0 Å². The Balaban J connectivity index is 1.49. The number of anilines is 2. The van der Waals surface area contributed by atoms with Gasteiger partial charge in [0.15, 0.2) is 0 Å². The molecular weight excluding hydrogens is 555 g/mol. The largest absolute Gasteiger partial charge is 0.322 e. The molecule has 2 heterocycles. The van der Waals surface area contributed by atoms with E-state index in [4.69, 9.17) is 34.8 Å². The molecule has 1 aliphatic rings. The Morgan fingerprint density at radius 1 is 0.897 bits per heavy atom. The van der Waals surface area contributed by atoms with Crippen molar-refractivity contribution in [2.75, 3.05) is 23.3 Å². The van der Waals surface area contributed by atoms with Crippen LogP contribution in [0.2, 0.25) is 15.1 Å². The summed E-state index contributed by atoms with van der Waals surface area (Å²) in [4.78, 5) is 30.9. The van der Waals surface area contributed by atoms with E-state index >= 15 is 0 Å². The topological polar surface area (TPSA) is 57.6 Å². The van der Waals surface area contributed by atoms with Gasteiger partial charge in [0.1, 0.15) is 12.6 Å². The number of rotatable bonds is 7. The summed E-state index contributed by atoms with van der Waals surface area (Å²) in [6, 6.07) is 23.4. The Bertz CT molecular complexity index is 1500. The molecule has 1 unspecified atom stereocenters. The first-order valence-corrected chi connectivity index (χ1v) is 13.9. The summed E-state index contributed by atoms with van der Waals surface area (Å²) < 4.78 is 2.10. The van der Waals surface area contributed by atoms with E-state index in [2.05, 4.69) is 9.88 Å². The van der Waals surface area contributed by atoms with E-state index in [9.17, 15) is 9.59 Å². The molecule has 0 bridgehead atoms. The molecule has 1 aromatic heterocycles. The van der Waals surface area contributed by atoms with Crippen molar-refractivity contribution in [1.29, 1.82) is 0 Å². The summed E-state index contributed by atoms with van der Waals surface area (Å²) in [5.74, 6) is -0.199. The standard InChI is InChI=1S/C30H27Cl3N4O2/c1-2-3-16-35(30(39)34-22-14-15-23(32)24(33)18-22)19-28(38)37-26-8-5-4-7-25(26)36-17-6-9-27(36)29(37)20-10-12-21(31)13-11-20/h4-15,17-18,29H,2-3,16,19H2,1H3,(H,34,39). The lowest BCUT2D eigenvalue weighted by Gasteiger charge is -2.39. The zero-order valence-electron chi connectivity index (χ0n) is 21.3. The second-order valence-corrected chi connectivity index (χ2v) is 10.6. The minimum Gasteiger partial charge on any atom is -0.316 e. The highest BCUT2D eigenvalue weighted by Crippen LogP contribution is 2.42. The number of urea groups is 1. The number of amides is 3. The SMILES string of the molecule is CCCCN(CC(=O)N1c2ccccc2-n2cccc2C1c1ccc(Cl)cc1)C(=O)Nc1ccc(Cl)c(Cl)c1. The lowest BCUT2D eigenvalue weighted by Crippen LogP contribution is -2.48. The van der Waals surface area contributed by atoms with Gasteiger partial charge in [-0.25, -0.2) is 4.79 Å². The number of hydrogen-bond donors (Lipinski definition) is 1. The quantitative estimate of drug-likeness (QED) is 0.239. The smallest absolute Gasteiger partial charge is 0.316 e. The molecule has 1 aliphatic heterocycles. The van der Waals surface area contributed by atoms with Crippen molar-refractivity contribution in [2.45, 2.75) is 25.8 Å². The van der Waals surface area contributed by atoms with Crippen LogP contribution < -0.4 is 10.2 Å². The molecule has 3 aromatic carbocycles. The fourth-order valence-electron chi connectivity index (χ4n) is 4.84. The van der Waals surface area contributed by atoms with Crippen molar-refractivity contribution in [1.82, 2.24) is 9.47 Å². The number of carbonyl (C=O) groups is 2. The fraction of sp³-hybridized carbons (Fsp3) is 0.200. The molecule has 4 aromatic rings. The molecule has 9 heteroatoms. The maximum Gasteiger partial charge on any atom is 0.322 e. The maximum absolute atomic E-state index is 14.2. The van der Waals surface area contributed by atoms with Gasteiger partial charge in [-0.15, -0.1) is 0 Å². The van der Waals surface area contributed by atoms with Gasteiger partial charge in [0.05, 0.1) is 27.1 Å². The van der Waals surface area contributed by atoms with Crippen molar-refractivity contribution >= 4 is 58.1 Å². The van der Waals surface area contributed by atoms with E-state index in [1.165, 1.54) is 0 Å². The van der Waals surface area contributed by atoms with E-state index in [-0.39, 0.29) is 18.5 Å². The first-order valence-electron chi connectivity index (χ1n) is 12.7. The molecule has 1 atom stereocenters. The number of carbonyl (C=O) groups excluding carboxylic acids is 2. The van der Waals surface area contributed by atoms with Gasteiger partial charge in [-0.3, -0.25) is 9.69 Å². The summed E-state index contributed by atoms with van der Waals surface area (Å²) in [7, 11) is 0. The van der Waals surface area contributed by atoms with Crippen LogP contribution in [0.3, 0.4) is 0 Å². The fourth-order valence-corrected chi connectivity index (χ4v) is 5.26. The monoisotopic (exact) mass is 580 g/mol. The van der Waals surface area contributed by atoms with Crippen LogP contribution in [0.5, 0.6) is 0 Å². The number of aromatic nitrogens is 1. The number of fused-ring (bicyclic) bond motifs is 3. The van der Waals surface area contributed by atoms with Gasteiger partial charge < -0.3 is 14.8 Å². The van der Waals surface area contributed by atoms with E-state index in [1.807, 2.05) is 73.8 Å². The van der Waals surface area contributed by atoms with Crippen LogP contribution in [-0.4, -0.2) is 34.5 Å². The van der Waals surface area contributed by atoms with E-state index in [1.54, 1.807) is 28.0 Å². The lowest BCUT2D eigenvalue weighted by atomic mass is 9.97. The Labute approximate surface area is 242 Å². The Morgan fingerprint density at radius 3 is 2.36 bits per heavy atom. The predicted octanol–water partition coefficient (Wildman–Crippen LogP) is 8.21. The summed E-state index contributed by atoms with van der Waals surface area (Å²) in [5.41, 5.74) is 4.04. The summed E-state index contributed by atoms with van der Waals surface area (Å²) in [6.07, 6.45) is 3.62. The van der Waals surface area contributed by atoms with Gasteiger partial charge in [0.25, 0.3) is 0 Å². The predicted molar refractivity (Wildman–Crippen MR) is 159 cm³/mol. The first-order chi connectivity index (χ1) is 18.9. The van der Waals surface area contributed by atoms with Gasteiger partial charge in [0.2, 0.25) is 5.91 Å². The Kier molecular flexibility index (Phi) is 8.17. The van der Waals surface area contributed by atoms with Crippen LogP contribution in [0.1, 0.15) is 37.1 Å². The molecule has 5 rings (SSSR count). The third-order valence-corrected chi connectivity index (χ3v) is 7.73. The number of hydrogen-bond acceptors (Lipinski definition) is 2. The molecule has 0 aliphatic carbocycles. The van der Waals surface area contributed by atoms with Gasteiger partial charge in [-0.05, 0) is 66.6 Å². The first kappa shape index (κ1) is 27.1. The molecule has 0 fully saturated rings. The lowest BCUT2D eigenvalue weighted by molar-refractivity contribution is -0.119. The third kappa shape index (κ3) is 5.64. The zero-order valence-corrected chi connectivity index (χ0v) is 23.5. The minimum atomic E-state index is -0.397. The molecule has 0 saturated heterocycles. The van der Waals surface area contributed by atoms with Crippen molar-refractivity contribution < 1.29 is 9.59 Å². The highest BCUT2D eigenvalue weighted by Gasteiger charge is 2.37. The Morgan fingerprint density at radius 2 is 1.64 bits per heavy atom. The number of benzene rings is 3. The molecule has 0 saturated carbocycles. The summed E-state index contributed by atoms with van der Waals surface area (Å²) >= 11 is 18.4. The van der Waals surface area contributed by atoms with Crippen molar-refractivity contribution in [3.8, 4) is 5.69 Å². The maximum atomic E-state index is 14.2. The number of nitrogens with one attached hydrogen (secondary N) is 1. The molecule has 1 N–H and O–H groups in total. The summed E-state index contributed by atoms with van der Waals surface area (Å²) in [5, 5.41) is 4.21. The average molecular weight is 582 g/mol. The molecule has 6 nitrogen and oxygen atoms in total. The third-order valence-electron chi connectivity index (χ3n) is 6.74. The molecule has 0 radical (unpaired) electrons. The van der Waals surface area contributed by atoms with E-state index in [0.29, 0.717) is 27.3 Å². The van der Waals surface area contributed by atoms with Crippen LogP contribution in [0.25, 0.3) is 5.69 Å². The van der Waals surface area contributed by atoms with Crippen molar-refractivity contribution in [2.24, 2.45) is 0 Å². The van der Waals surface area contributed by atoms with Gasteiger partial charge >= 0.3 is 6.03 Å². The minimum absolute atomic E-state index is 0.105. The highest BCUT2D eigenvalue weighted by atomic mass is 35.5. The van der Waals surface area contributed by atoms with Crippen LogP contribution in [0.15, 0.2) is 85.1 Å². The number of nitrogens with zero attached hydrogens (tertiary/aromatic N) is 3. The van der Waals surface area contributed by atoms with Gasteiger partial charge in [-0.1, -0.05) is 72.4 Å². The normalized spacial score (nSPS) is 13.9. The molecule has 3 amide bonds. The van der Waals surface area contributed by atoms with E-state index in [0.717, 1.165) is 35.5 Å².